The maximum atomic E-state index is 12.3. The zero-order valence-corrected chi connectivity index (χ0v) is 20.1. The zero-order valence-electron chi connectivity index (χ0n) is 20.1. The summed E-state index contributed by atoms with van der Waals surface area (Å²) in [6, 6.07) is 19.0. The van der Waals surface area contributed by atoms with Crippen molar-refractivity contribution in [2.75, 3.05) is 10.6 Å². The highest BCUT2D eigenvalue weighted by atomic mass is 16.2. The number of aryl methyl sites for hydroxylation is 2. The normalized spacial score (nSPS) is 14.3. The molecule has 0 spiro atoms. The highest BCUT2D eigenvalue weighted by molar-refractivity contribution is 5.91. The van der Waals surface area contributed by atoms with E-state index < -0.39 is 11.1 Å². The quantitative estimate of drug-likeness (QED) is 0.458. The first-order chi connectivity index (χ1) is 16.1. The number of anilines is 2. The van der Waals surface area contributed by atoms with Crippen LogP contribution in [0.25, 0.3) is 0 Å². The summed E-state index contributed by atoms with van der Waals surface area (Å²) in [5.74, 6) is -0.479. The van der Waals surface area contributed by atoms with Crippen LogP contribution in [-0.2, 0) is 9.59 Å². The third-order valence-corrected chi connectivity index (χ3v) is 5.32. The minimum absolute atomic E-state index is 0.0686. The van der Waals surface area contributed by atoms with Crippen molar-refractivity contribution in [2.24, 2.45) is 10.2 Å². The van der Waals surface area contributed by atoms with Gasteiger partial charge >= 0.3 is 0 Å². The molecule has 0 aliphatic rings. The van der Waals surface area contributed by atoms with Gasteiger partial charge in [0.05, 0.1) is 12.1 Å². The largest absolute Gasteiger partial charge is 0.326 e. The van der Waals surface area contributed by atoms with Gasteiger partial charge in [-0.25, -0.2) is 0 Å². The Morgan fingerprint density at radius 3 is 1.35 bits per heavy atom. The Hall–Kier alpha value is -4.04. The molecule has 0 aliphatic carbocycles. The van der Waals surface area contributed by atoms with E-state index in [1.807, 2.05) is 62.4 Å². The SMILES string of the molecule is Cc1ccc(NC(=O)CCC(C)(C#N)N=NC(C)(C#N)CCC(=O)Nc2ccc(C)cc2)cc1. The molecule has 0 radical (unpaired) electrons. The van der Waals surface area contributed by atoms with Crippen molar-refractivity contribution in [1.29, 1.82) is 10.5 Å². The first kappa shape index (κ1) is 26.2. The summed E-state index contributed by atoms with van der Waals surface area (Å²) in [7, 11) is 0. The number of amides is 2. The van der Waals surface area contributed by atoms with E-state index in [0.717, 1.165) is 11.1 Å². The van der Waals surface area contributed by atoms with Crippen molar-refractivity contribution < 1.29 is 9.59 Å². The van der Waals surface area contributed by atoms with Crippen LogP contribution in [0.3, 0.4) is 0 Å². The van der Waals surface area contributed by atoms with Gasteiger partial charge in [0.2, 0.25) is 11.8 Å². The highest BCUT2D eigenvalue weighted by Gasteiger charge is 2.29. The number of carbonyl (C=O) groups excluding carboxylic acids is 2. The van der Waals surface area contributed by atoms with Gasteiger partial charge in [-0.3, -0.25) is 9.59 Å². The van der Waals surface area contributed by atoms with Crippen LogP contribution in [0.15, 0.2) is 58.8 Å². The van der Waals surface area contributed by atoms with Crippen LogP contribution in [0.1, 0.15) is 50.7 Å². The molecule has 0 saturated carbocycles. The summed E-state index contributed by atoms with van der Waals surface area (Å²) < 4.78 is 0. The molecule has 8 heteroatoms. The summed E-state index contributed by atoms with van der Waals surface area (Å²) in [6.07, 6.45) is 0.415. The lowest BCUT2D eigenvalue weighted by Gasteiger charge is -2.19. The van der Waals surface area contributed by atoms with Crippen LogP contribution in [-0.4, -0.2) is 22.9 Å². The predicted octanol–water partition coefficient (Wildman–Crippen LogP) is 5.46. The van der Waals surface area contributed by atoms with E-state index >= 15 is 0 Å². The number of nitrogens with one attached hydrogen (secondary N) is 2. The van der Waals surface area contributed by atoms with Gasteiger partial charge in [0.15, 0.2) is 11.1 Å². The Morgan fingerprint density at radius 1 is 0.735 bits per heavy atom. The number of nitriles is 2. The predicted molar refractivity (Wildman–Crippen MR) is 131 cm³/mol. The number of hydrogen-bond acceptors (Lipinski definition) is 6. The fourth-order valence-corrected chi connectivity index (χ4v) is 2.91. The molecule has 2 unspecified atom stereocenters. The molecule has 2 atom stereocenters. The molecular formula is C26H30N6O2. The Bertz CT molecular complexity index is 1020. The Kier molecular flexibility index (Phi) is 9.03. The standard InChI is InChI=1S/C26H30N6O2/c1-19-5-9-21(10-6-19)29-23(33)13-15-25(3,17-27)31-32-26(4,18-28)16-14-24(34)30-22-11-7-20(2)8-12-22/h5-12H,13-16H2,1-4H3,(H,29,33)(H,30,34). The van der Waals surface area contributed by atoms with Gasteiger partial charge in [0, 0.05) is 24.2 Å². The third kappa shape index (κ3) is 8.48. The Labute approximate surface area is 200 Å². The van der Waals surface area contributed by atoms with Crippen LogP contribution in [0, 0.1) is 36.5 Å². The van der Waals surface area contributed by atoms with Crippen molar-refractivity contribution >= 4 is 23.2 Å². The van der Waals surface area contributed by atoms with Gasteiger partial charge < -0.3 is 10.6 Å². The molecule has 8 nitrogen and oxygen atoms in total. The first-order valence-corrected chi connectivity index (χ1v) is 11.1. The van der Waals surface area contributed by atoms with E-state index in [4.69, 9.17) is 0 Å². The average Bonchev–Trinajstić information content (AvgIpc) is 2.83. The van der Waals surface area contributed by atoms with Crippen molar-refractivity contribution in [3.05, 3.63) is 59.7 Å². The molecule has 0 aromatic heterocycles. The zero-order chi connectivity index (χ0) is 25.2. The van der Waals surface area contributed by atoms with E-state index in [1.165, 1.54) is 0 Å². The first-order valence-electron chi connectivity index (χ1n) is 11.1. The van der Waals surface area contributed by atoms with E-state index in [2.05, 4.69) is 33.0 Å². The average molecular weight is 459 g/mol. The molecule has 0 bridgehead atoms. The molecule has 0 heterocycles. The summed E-state index contributed by atoms with van der Waals surface area (Å²) in [5.41, 5.74) is 0.987. The second-order valence-corrected chi connectivity index (χ2v) is 8.80. The van der Waals surface area contributed by atoms with Gasteiger partial charge in [0.25, 0.3) is 0 Å². The number of benzene rings is 2. The van der Waals surface area contributed by atoms with Gasteiger partial charge in [-0.2, -0.15) is 20.8 Å². The number of carbonyl (C=O) groups is 2. The van der Waals surface area contributed by atoms with E-state index in [-0.39, 0.29) is 37.5 Å². The van der Waals surface area contributed by atoms with Gasteiger partial charge in [-0.1, -0.05) is 35.4 Å². The minimum atomic E-state index is -1.27. The Morgan fingerprint density at radius 2 is 1.06 bits per heavy atom. The van der Waals surface area contributed by atoms with E-state index in [1.54, 1.807) is 13.8 Å². The number of nitrogens with zero attached hydrogens (tertiary/aromatic N) is 4. The summed E-state index contributed by atoms with van der Waals surface area (Å²) in [6.45, 7) is 7.05. The lowest BCUT2D eigenvalue weighted by atomic mass is 9.97. The van der Waals surface area contributed by atoms with Crippen molar-refractivity contribution in [3.63, 3.8) is 0 Å². The second kappa shape index (κ2) is 11.7. The molecule has 2 aromatic carbocycles. The van der Waals surface area contributed by atoms with Crippen molar-refractivity contribution in [2.45, 2.75) is 64.5 Å². The van der Waals surface area contributed by atoms with Crippen LogP contribution < -0.4 is 10.6 Å². The molecular weight excluding hydrogens is 428 g/mol. The Balaban J connectivity index is 1.92. The van der Waals surface area contributed by atoms with Crippen LogP contribution in [0.5, 0.6) is 0 Å². The molecule has 176 valence electrons. The van der Waals surface area contributed by atoms with Gasteiger partial charge in [0.1, 0.15) is 0 Å². The van der Waals surface area contributed by atoms with E-state index in [0.29, 0.717) is 11.4 Å². The fraction of sp³-hybridized carbons (Fsp3) is 0.385. The van der Waals surface area contributed by atoms with Crippen molar-refractivity contribution in [1.82, 2.24) is 0 Å². The molecule has 34 heavy (non-hydrogen) atoms. The topological polar surface area (TPSA) is 130 Å². The molecule has 0 saturated heterocycles. The second-order valence-electron chi connectivity index (χ2n) is 8.80. The maximum Gasteiger partial charge on any atom is 0.224 e. The van der Waals surface area contributed by atoms with Crippen molar-refractivity contribution in [3.8, 4) is 12.1 Å². The molecule has 2 rings (SSSR count). The highest BCUT2D eigenvalue weighted by Crippen LogP contribution is 2.24. The van der Waals surface area contributed by atoms with Crippen LogP contribution in [0.4, 0.5) is 11.4 Å². The molecule has 2 N–H and O–H groups in total. The van der Waals surface area contributed by atoms with Crippen LogP contribution >= 0.6 is 0 Å². The number of rotatable bonds is 10. The van der Waals surface area contributed by atoms with E-state index in [9.17, 15) is 20.1 Å². The smallest absolute Gasteiger partial charge is 0.224 e. The monoisotopic (exact) mass is 458 g/mol. The number of hydrogen-bond donors (Lipinski definition) is 2. The van der Waals surface area contributed by atoms with Gasteiger partial charge in [-0.15, -0.1) is 0 Å². The molecule has 0 aliphatic heterocycles. The summed E-state index contributed by atoms with van der Waals surface area (Å²) in [4.78, 5) is 24.5. The maximum absolute atomic E-state index is 12.3. The molecule has 2 amide bonds. The van der Waals surface area contributed by atoms with Gasteiger partial charge in [-0.05, 0) is 64.8 Å². The third-order valence-electron chi connectivity index (χ3n) is 5.32. The lowest BCUT2D eigenvalue weighted by Crippen LogP contribution is -2.26. The molecule has 0 fully saturated rings. The summed E-state index contributed by atoms with van der Waals surface area (Å²) >= 11 is 0. The lowest BCUT2D eigenvalue weighted by molar-refractivity contribution is -0.117. The number of azo groups is 1. The molecule has 2 aromatic rings. The summed E-state index contributed by atoms with van der Waals surface area (Å²) in [5, 5.41) is 33.0. The minimum Gasteiger partial charge on any atom is -0.326 e. The van der Waals surface area contributed by atoms with Crippen LogP contribution in [0.2, 0.25) is 0 Å². The fourth-order valence-electron chi connectivity index (χ4n) is 2.91.